The Bertz CT molecular complexity index is 1760. The third-order valence-corrected chi connectivity index (χ3v) is 7.50. The minimum Gasteiger partial charge on any atom is -0.307 e. The van der Waals surface area contributed by atoms with Crippen LogP contribution in [0.2, 0.25) is 0 Å². The highest BCUT2D eigenvalue weighted by molar-refractivity contribution is 6.26. The molecule has 3 aromatic carbocycles. The summed E-state index contributed by atoms with van der Waals surface area (Å²) in [7, 11) is 2.20. The Morgan fingerprint density at radius 3 is 2.27 bits per heavy atom. The SMILES string of the molecule is Cc1cc(C)c2c3cc(C)c(C)c4c3n(c2c1)c1cc(CC(C)(C)C)cc2cc[n+](C)c4c21. The van der Waals surface area contributed by atoms with Crippen molar-refractivity contribution in [2.45, 2.75) is 54.9 Å². The minimum atomic E-state index is 0.240. The summed E-state index contributed by atoms with van der Waals surface area (Å²) in [5.74, 6) is 0. The van der Waals surface area contributed by atoms with Crippen LogP contribution in [0.5, 0.6) is 0 Å². The highest BCUT2D eigenvalue weighted by Gasteiger charge is 2.26. The Morgan fingerprint density at radius 1 is 0.818 bits per heavy atom. The fraction of sp³-hybridized carbons (Fsp3) is 0.323. The predicted molar refractivity (Wildman–Crippen MR) is 142 cm³/mol. The van der Waals surface area contributed by atoms with E-state index in [1.165, 1.54) is 76.8 Å². The highest BCUT2D eigenvalue weighted by Crippen LogP contribution is 2.43. The third kappa shape index (κ3) is 2.76. The summed E-state index contributed by atoms with van der Waals surface area (Å²) in [6.45, 7) is 16.0. The normalized spacial score (nSPS) is 13.0. The predicted octanol–water partition coefficient (Wildman–Crippen LogP) is 7.64. The second-order valence-electron chi connectivity index (χ2n) is 11.5. The molecule has 0 aliphatic heterocycles. The molecule has 0 saturated heterocycles. The maximum atomic E-state index is 2.58. The van der Waals surface area contributed by atoms with Gasteiger partial charge in [-0.25, -0.2) is 4.57 Å². The average Bonchev–Trinajstić information content (AvgIpc) is 3.02. The molecular weight excluding hydrogens is 400 g/mol. The van der Waals surface area contributed by atoms with Gasteiger partial charge in [0.2, 0.25) is 5.52 Å². The molecule has 6 rings (SSSR count). The number of nitrogens with zero attached hydrogens (tertiary/aromatic N) is 2. The molecule has 0 amide bonds. The number of aryl methyl sites for hydroxylation is 5. The van der Waals surface area contributed by atoms with E-state index in [1.54, 1.807) is 0 Å². The number of benzene rings is 3. The van der Waals surface area contributed by atoms with E-state index >= 15 is 0 Å². The van der Waals surface area contributed by atoms with Gasteiger partial charge in [0.25, 0.3) is 0 Å². The fourth-order valence-corrected chi connectivity index (χ4v) is 6.19. The summed E-state index contributed by atoms with van der Waals surface area (Å²) in [5, 5.41) is 6.87. The lowest BCUT2D eigenvalue weighted by atomic mass is 9.87. The van der Waals surface area contributed by atoms with Gasteiger partial charge in [0, 0.05) is 16.8 Å². The summed E-state index contributed by atoms with van der Waals surface area (Å²) < 4.78 is 4.91. The molecule has 3 aromatic heterocycles. The number of fused-ring (bicyclic) bond motifs is 5. The van der Waals surface area contributed by atoms with Crippen LogP contribution < -0.4 is 4.57 Å². The van der Waals surface area contributed by atoms with Crippen LogP contribution in [0.1, 0.15) is 48.6 Å². The van der Waals surface area contributed by atoms with Crippen LogP contribution >= 0.6 is 0 Å². The van der Waals surface area contributed by atoms with Gasteiger partial charge in [0.05, 0.1) is 27.3 Å². The lowest BCUT2D eigenvalue weighted by Gasteiger charge is -2.20. The second kappa shape index (κ2) is 6.47. The summed E-state index contributed by atoms with van der Waals surface area (Å²) in [6.07, 6.45) is 3.30. The van der Waals surface area contributed by atoms with Crippen molar-refractivity contribution in [3.05, 3.63) is 70.4 Å². The van der Waals surface area contributed by atoms with Gasteiger partial charge < -0.3 is 4.40 Å². The van der Waals surface area contributed by atoms with Gasteiger partial charge in [0.15, 0.2) is 6.20 Å². The lowest BCUT2D eigenvalue weighted by molar-refractivity contribution is -0.643. The Kier molecular flexibility index (Phi) is 4.01. The van der Waals surface area contributed by atoms with E-state index < -0.39 is 0 Å². The molecule has 0 aliphatic rings. The van der Waals surface area contributed by atoms with Gasteiger partial charge in [0.1, 0.15) is 7.05 Å². The van der Waals surface area contributed by atoms with Crippen molar-refractivity contribution >= 4 is 49.0 Å². The molecular formula is C31H33N2+. The maximum absolute atomic E-state index is 2.58. The molecule has 33 heavy (non-hydrogen) atoms. The van der Waals surface area contributed by atoms with E-state index in [9.17, 15) is 0 Å². The third-order valence-electron chi connectivity index (χ3n) is 7.50. The van der Waals surface area contributed by atoms with E-state index in [0.717, 1.165) is 6.42 Å². The summed E-state index contributed by atoms with van der Waals surface area (Å²) in [4.78, 5) is 0. The highest BCUT2D eigenvalue weighted by atomic mass is 15.0. The molecule has 0 N–H and O–H groups in total. The fourth-order valence-electron chi connectivity index (χ4n) is 6.19. The van der Waals surface area contributed by atoms with Gasteiger partial charge in [-0.1, -0.05) is 32.9 Å². The van der Waals surface area contributed by atoms with Gasteiger partial charge in [-0.05, 0) is 90.9 Å². The number of rotatable bonds is 1. The molecule has 3 heterocycles. The smallest absolute Gasteiger partial charge is 0.224 e. The summed E-state index contributed by atoms with van der Waals surface area (Å²) in [5.41, 5.74) is 12.5. The molecule has 6 aromatic rings. The van der Waals surface area contributed by atoms with Crippen molar-refractivity contribution in [2.75, 3.05) is 0 Å². The van der Waals surface area contributed by atoms with Crippen molar-refractivity contribution in [1.29, 1.82) is 0 Å². The summed E-state index contributed by atoms with van der Waals surface area (Å²) in [6, 6.07) is 14.3. The molecule has 2 nitrogen and oxygen atoms in total. The van der Waals surface area contributed by atoms with Gasteiger partial charge in [-0.2, -0.15) is 0 Å². The molecule has 0 unspecified atom stereocenters. The number of hydrogen-bond acceptors (Lipinski definition) is 0. The average molecular weight is 434 g/mol. The zero-order chi connectivity index (χ0) is 23.4. The maximum Gasteiger partial charge on any atom is 0.224 e. The van der Waals surface area contributed by atoms with Crippen LogP contribution in [0.4, 0.5) is 0 Å². The van der Waals surface area contributed by atoms with E-state index in [-0.39, 0.29) is 5.41 Å². The Hall–Kier alpha value is -3.13. The molecule has 0 aliphatic carbocycles. The monoisotopic (exact) mass is 433 g/mol. The van der Waals surface area contributed by atoms with Crippen molar-refractivity contribution in [2.24, 2.45) is 12.5 Å². The van der Waals surface area contributed by atoms with Gasteiger partial charge in [-0.15, -0.1) is 0 Å². The zero-order valence-corrected chi connectivity index (χ0v) is 21.1. The Balaban J connectivity index is 2.01. The van der Waals surface area contributed by atoms with Gasteiger partial charge in [-0.3, -0.25) is 0 Å². The quantitative estimate of drug-likeness (QED) is 0.143. The lowest BCUT2D eigenvalue weighted by Crippen LogP contribution is -2.29. The Labute approximate surface area is 195 Å². The van der Waals surface area contributed by atoms with E-state index in [0.29, 0.717) is 0 Å². The number of aromatic nitrogens is 2. The van der Waals surface area contributed by atoms with Crippen LogP contribution in [0, 0.1) is 33.1 Å². The topological polar surface area (TPSA) is 8.29 Å². The molecule has 2 heteroatoms. The van der Waals surface area contributed by atoms with E-state index in [4.69, 9.17) is 0 Å². The first-order valence-corrected chi connectivity index (χ1v) is 12.1. The van der Waals surface area contributed by atoms with Crippen molar-refractivity contribution in [3.63, 3.8) is 0 Å². The van der Waals surface area contributed by atoms with Crippen LogP contribution in [0.3, 0.4) is 0 Å². The molecule has 0 radical (unpaired) electrons. The second-order valence-corrected chi connectivity index (χ2v) is 11.5. The first-order valence-electron chi connectivity index (χ1n) is 12.1. The van der Waals surface area contributed by atoms with Crippen molar-refractivity contribution in [1.82, 2.24) is 4.40 Å². The molecule has 0 fully saturated rings. The van der Waals surface area contributed by atoms with Crippen molar-refractivity contribution < 1.29 is 4.57 Å². The molecule has 0 saturated carbocycles. The van der Waals surface area contributed by atoms with Crippen LogP contribution in [0.15, 0.2) is 42.6 Å². The van der Waals surface area contributed by atoms with E-state index in [2.05, 4.69) is 107 Å². The molecule has 0 atom stereocenters. The van der Waals surface area contributed by atoms with Crippen LogP contribution in [0.25, 0.3) is 49.0 Å². The molecule has 166 valence electrons. The van der Waals surface area contributed by atoms with Crippen LogP contribution in [-0.2, 0) is 13.5 Å². The number of hydrogen-bond donors (Lipinski definition) is 0. The van der Waals surface area contributed by atoms with E-state index in [1.807, 2.05) is 0 Å². The van der Waals surface area contributed by atoms with Gasteiger partial charge >= 0.3 is 0 Å². The standard InChI is InChI=1S/C31H33N2/c1-17-11-19(3)26-23-13-18(2)20(4)27-29(23)33(24(26)12-17)25-15-21(16-31(5,6)7)14-22-9-10-32(8)30(27)28(22)25/h9-15H,16H2,1-8H3/q+1. The number of pyridine rings is 2. The zero-order valence-electron chi connectivity index (χ0n) is 21.1. The summed E-state index contributed by atoms with van der Waals surface area (Å²) >= 11 is 0. The minimum absolute atomic E-state index is 0.240. The Morgan fingerprint density at radius 2 is 1.55 bits per heavy atom. The molecule has 0 bridgehead atoms. The van der Waals surface area contributed by atoms with Crippen molar-refractivity contribution in [3.8, 4) is 0 Å². The first-order chi connectivity index (χ1) is 15.5. The van der Waals surface area contributed by atoms with Crippen LogP contribution in [-0.4, -0.2) is 4.40 Å². The largest absolute Gasteiger partial charge is 0.307 e. The molecule has 0 spiro atoms. The first kappa shape index (κ1) is 20.5.